The highest BCUT2D eigenvalue weighted by Crippen LogP contribution is 2.24. The average Bonchev–Trinajstić information content (AvgIpc) is 3.29. The minimum Gasteiger partial charge on any atom is -0.356 e. The zero-order valence-electron chi connectivity index (χ0n) is 17.7. The summed E-state index contributed by atoms with van der Waals surface area (Å²) in [6.45, 7) is 2.39. The van der Waals surface area contributed by atoms with E-state index in [-0.39, 0.29) is 0 Å². The lowest BCUT2D eigenvalue weighted by Crippen LogP contribution is -2.37. The van der Waals surface area contributed by atoms with Crippen LogP contribution in [0.1, 0.15) is 24.0 Å². The summed E-state index contributed by atoms with van der Waals surface area (Å²) < 4.78 is 1.83. The molecule has 1 aromatic heterocycles. The Balaban J connectivity index is 1.60. The van der Waals surface area contributed by atoms with Crippen molar-refractivity contribution in [1.82, 2.24) is 25.4 Å². The van der Waals surface area contributed by atoms with Gasteiger partial charge in [0.15, 0.2) is 5.96 Å². The standard InChI is InChI=1S/C23H30N6S/c1-24-23(26-13-5-6-14-30-2)27-15-21-7-3-4-8-22(21)20-11-9-19(10-12-20)16-29-18-25-17-28-29/h3-4,7-12,17-18H,5-6,13-16H2,1-2H3,(H2,24,26,27). The van der Waals surface area contributed by atoms with Crippen molar-refractivity contribution in [3.63, 3.8) is 0 Å². The van der Waals surface area contributed by atoms with Gasteiger partial charge in [0.05, 0.1) is 6.54 Å². The van der Waals surface area contributed by atoms with E-state index < -0.39 is 0 Å². The number of aliphatic imine (C=N–C) groups is 1. The SMILES string of the molecule is CN=C(NCCCCSC)NCc1ccccc1-c1ccc(Cn2cncn2)cc1. The monoisotopic (exact) mass is 422 g/mol. The van der Waals surface area contributed by atoms with E-state index in [1.54, 1.807) is 12.7 Å². The van der Waals surface area contributed by atoms with Crippen LogP contribution in [0.2, 0.25) is 0 Å². The molecule has 0 radical (unpaired) electrons. The van der Waals surface area contributed by atoms with Crippen LogP contribution in [0.25, 0.3) is 11.1 Å². The maximum absolute atomic E-state index is 4.35. The van der Waals surface area contributed by atoms with Gasteiger partial charge in [-0.2, -0.15) is 16.9 Å². The minimum atomic E-state index is 0.724. The van der Waals surface area contributed by atoms with E-state index in [2.05, 4.69) is 80.5 Å². The fraction of sp³-hybridized carbons (Fsp3) is 0.348. The van der Waals surface area contributed by atoms with Gasteiger partial charge in [0.1, 0.15) is 12.7 Å². The summed E-state index contributed by atoms with van der Waals surface area (Å²) in [5, 5.41) is 11.0. The van der Waals surface area contributed by atoms with Crippen LogP contribution in [0.4, 0.5) is 0 Å². The predicted molar refractivity (Wildman–Crippen MR) is 127 cm³/mol. The molecule has 7 heteroatoms. The van der Waals surface area contributed by atoms with Crippen LogP contribution < -0.4 is 10.6 Å². The number of hydrogen-bond acceptors (Lipinski definition) is 4. The molecule has 3 aromatic rings. The number of nitrogens with one attached hydrogen (secondary N) is 2. The first-order chi connectivity index (χ1) is 14.8. The summed E-state index contributed by atoms with van der Waals surface area (Å²) in [7, 11) is 1.82. The average molecular weight is 423 g/mol. The van der Waals surface area contributed by atoms with Crippen LogP contribution >= 0.6 is 11.8 Å². The second-order valence-electron chi connectivity index (χ2n) is 7.00. The van der Waals surface area contributed by atoms with Gasteiger partial charge in [-0.05, 0) is 47.1 Å². The summed E-state index contributed by atoms with van der Waals surface area (Å²) in [4.78, 5) is 8.34. The van der Waals surface area contributed by atoms with Crippen LogP contribution in [-0.2, 0) is 13.1 Å². The smallest absolute Gasteiger partial charge is 0.191 e. The van der Waals surface area contributed by atoms with Crippen LogP contribution in [0.3, 0.4) is 0 Å². The molecule has 0 bridgehead atoms. The van der Waals surface area contributed by atoms with Crippen molar-refractivity contribution in [1.29, 1.82) is 0 Å². The van der Waals surface area contributed by atoms with Gasteiger partial charge in [-0.25, -0.2) is 9.67 Å². The number of benzene rings is 2. The first-order valence-electron chi connectivity index (χ1n) is 10.2. The summed E-state index contributed by atoms with van der Waals surface area (Å²) in [6.07, 6.45) is 7.82. The fourth-order valence-electron chi connectivity index (χ4n) is 3.22. The molecular formula is C23H30N6S. The topological polar surface area (TPSA) is 67.1 Å². The van der Waals surface area contributed by atoms with Crippen molar-refractivity contribution < 1.29 is 0 Å². The molecule has 0 saturated heterocycles. The highest BCUT2D eigenvalue weighted by molar-refractivity contribution is 7.98. The molecule has 2 N–H and O–H groups in total. The molecular weight excluding hydrogens is 392 g/mol. The maximum Gasteiger partial charge on any atom is 0.191 e. The largest absolute Gasteiger partial charge is 0.356 e. The quantitative estimate of drug-likeness (QED) is 0.295. The Hall–Kier alpha value is -2.80. The molecule has 0 aliphatic carbocycles. The van der Waals surface area contributed by atoms with Crippen molar-refractivity contribution in [2.24, 2.45) is 4.99 Å². The Labute approximate surface area is 183 Å². The zero-order chi connectivity index (χ0) is 21.0. The third-order valence-corrected chi connectivity index (χ3v) is 5.53. The molecule has 158 valence electrons. The molecule has 0 spiro atoms. The summed E-state index contributed by atoms with van der Waals surface area (Å²) in [6, 6.07) is 17.1. The van der Waals surface area contributed by atoms with Crippen molar-refractivity contribution >= 4 is 17.7 Å². The van der Waals surface area contributed by atoms with E-state index in [9.17, 15) is 0 Å². The lowest BCUT2D eigenvalue weighted by Gasteiger charge is -2.15. The normalized spacial score (nSPS) is 11.5. The molecule has 0 aliphatic heterocycles. The van der Waals surface area contributed by atoms with E-state index in [1.165, 1.54) is 34.4 Å². The van der Waals surface area contributed by atoms with Crippen molar-refractivity contribution in [2.45, 2.75) is 25.9 Å². The van der Waals surface area contributed by atoms with Crippen molar-refractivity contribution in [3.8, 4) is 11.1 Å². The van der Waals surface area contributed by atoms with Gasteiger partial charge < -0.3 is 10.6 Å². The van der Waals surface area contributed by atoms with Crippen LogP contribution in [0.15, 0.2) is 66.2 Å². The Morgan fingerprint density at radius 2 is 1.90 bits per heavy atom. The number of rotatable bonds is 10. The number of hydrogen-bond donors (Lipinski definition) is 2. The van der Waals surface area contributed by atoms with E-state index >= 15 is 0 Å². The van der Waals surface area contributed by atoms with E-state index in [0.29, 0.717) is 0 Å². The third kappa shape index (κ3) is 6.62. The van der Waals surface area contributed by atoms with Gasteiger partial charge >= 0.3 is 0 Å². The Kier molecular flexibility index (Phi) is 8.78. The number of nitrogens with zero attached hydrogens (tertiary/aromatic N) is 4. The summed E-state index contributed by atoms with van der Waals surface area (Å²) >= 11 is 1.89. The number of aromatic nitrogens is 3. The molecule has 3 rings (SSSR count). The molecule has 30 heavy (non-hydrogen) atoms. The molecule has 0 saturated carbocycles. The first-order valence-corrected chi connectivity index (χ1v) is 11.6. The lowest BCUT2D eigenvalue weighted by molar-refractivity contribution is 0.685. The number of thioether (sulfide) groups is 1. The summed E-state index contributed by atoms with van der Waals surface area (Å²) in [5.41, 5.74) is 4.88. The first kappa shape index (κ1) is 21.9. The Morgan fingerprint density at radius 1 is 1.07 bits per heavy atom. The molecule has 0 aliphatic rings. The highest BCUT2D eigenvalue weighted by atomic mass is 32.2. The van der Waals surface area contributed by atoms with Gasteiger partial charge in [0, 0.05) is 20.1 Å². The molecule has 1 heterocycles. The van der Waals surface area contributed by atoms with Crippen LogP contribution in [0.5, 0.6) is 0 Å². The van der Waals surface area contributed by atoms with Crippen LogP contribution in [0, 0.1) is 0 Å². The van der Waals surface area contributed by atoms with Gasteiger partial charge in [-0.15, -0.1) is 0 Å². The minimum absolute atomic E-state index is 0.724. The molecule has 0 fully saturated rings. The molecule has 6 nitrogen and oxygen atoms in total. The Bertz CT molecular complexity index is 906. The lowest BCUT2D eigenvalue weighted by atomic mass is 9.98. The van der Waals surface area contributed by atoms with Gasteiger partial charge in [0.25, 0.3) is 0 Å². The molecule has 0 unspecified atom stereocenters. The maximum atomic E-state index is 4.35. The molecule has 2 aromatic carbocycles. The summed E-state index contributed by atoms with van der Waals surface area (Å²) in [5.74, 6) is 2.05. The van der Waals surface area contributed by atoms with Gasteiger partial charge in [-0.1, -0.05) is 48.5 Å². The van der Waals surface area contributed by atoms with Crippen molar-refractivity contribution in [3.05, 3.63) is 72.3 Å². The van der Waals surface area contributed by atoms with Crippen molar-refractivity contribution in [2.75, 3.05) is 25.6 Å². The van der Waals surface area contributed by atoms with Gasteiger partial charge in [-0.3, -0.25) is 4.99 Å². The molecule has 0 amide bonds. The zero-order valence-corrected chi connectivity index (χ0v) is 18.5. The van der Waals surface area contributed by atoms with Gasteiger partial charge in [0.2, 0.25) is 0 Å². The fourth-order valence-corrected chi connectivity index (χ4v) is 3.72. The predicted octanol–water partition coefficient (Wildman–Crippen LogP) is 3.80. The van der Waals surface area contributed by atoms with E-state index in [0.717, 1.165) is 32.0 Å². The third-order valence-electron chi connectivity index (χ3n) is 4.83. The van der Waals surface area contributed by atoms with Crippen LogP contribution in [-0.4, -0.2) is 46.3 Å². The second kappa shape index (κ2) is 12.0. The number of guanidine groups is 1. The second-order valence-corrected chi connectivity index (χ2v) is 7.99. The molecule has 0 atom stereocenters. The Morgan fingerprint density at radius 3 is 2.63 bits per heavy atom. The number of unbranched alkanes of at least 4 members (excludes halogenated alkanes) is 1. The highest BCUT2D eigenvalue weighted by Gasteiger charge is 2.06. The van der Waals surface area contributed by atoms with E-state index in [4.69, 9.17) is 0 Å². The van der Waals surface area contributed by atoms with E-state index in [1.807, 2.05) is 23.5 Å².